The third-order valence-corrected chi connectivity index (χ3v) is 5.37. The van der Waals surface area contributed by atoms with Crippen LogP contribution >= 0.6 is 23.5 Å². The molecule has 0 radical (unpaired) electrons. The molecule has 0 aliphatic carbocycles. The topological polar surface area (TPSA) is 74.8 Å². The average Bonchev–Trinajstić information content (AvgIpc) is 2.62. The second-order valence-electron chi connectivity index (χ2n) is 5.30. The molecule has 8 heteroatoms. The third kappa shape index (κ3) is 10.7. The van der Waals surface area contributed by atoms with Gasteiger partial charge in [0.1, 0.15) is 0 Å². The van der Waals surface area contributed by atoms with E-state index in [2.05, 4.69) is 0 Å². The van der Waals surface area contributed by atoms with Gasteiger partial charge < -0.3 is 9.80 Å². The molecule has 0 rings (SSSR count). The van der Waals surface area contributed by atoms with E-state index in [9.17, 15) is 19.2 Å². The first kappa shape index (κ1) is 24.7. The number of carbonyl (C=O) groups excluding carboxylic acids is 4. The minimum Gasteiger partial charge on any atom is -0.343 e. The van der Waals surface area contributed by atoms with Gasteiger partial charge in [-0.15, -0.1) is 0 Å². The molecule has 0 aromatic heterocycles. The number of carbonyl (C=O) groups is 4. The maximum absolute atomic E-state index is 11.8. The zero-order chi connectivity index (χ0) is 19.9. The van der Waals surface area contributed by atoms with Gasteiger partial charge in [0.05, 0.1) is 0 Å². The lowest BCUT2D eigenvalue weighted by molar-refractivity contribution is -0.131. The van der Waals surface area contributed by atoms with Gasteiger partial charge in [-0.2, -0.15) is 0 Å². The highest BCUT2D eigenvalue weighted by Crippen LogP contribution is 2.10. The number of nitrogens with zero attached hydrogens (tertiary/aromatic N) is 2. The third-order valence-electron chi connectivity index (χ3n) is 3.71. The highest BCUT2D eigenvalue weighted by Gasteiger charge is 2.11. The van der Waals surface area contributed by atoms with Crippen LogP contribution in [0.4, 0.5) is 0 Å². The van der Waals surface area contributed by atoms with Crippen molar-refractivity contribution in [1.29, 1.82) is 0 Å². The highest BCUT2D eigenvalue weighted by molar-refractivity contribution is 8.14. The average molecular weight is 403 g/mol. The van der Waals surface area contributed by atoms with Crippen molar-refractivity contribution < 1.29 is 19.2 Å². The van der Waals surface area contributed by atoms with E-state index >= 15 is 0 Å². The fraction of sp³-hybridized carbons (Fsp3) is 0.667. The van der Waals surface area contributed by atoms with Gasteiger partial charge >= 0.3 is 0 Å². The molecule has 148 valence electrons. The van der Waals surface area contributed by atoms with Crippen molar-refractivity contribution in [2.75, 3.05) is 37.7 Å². The van der Waals surface area contributed by atoms with E-state index in [4.69, 9.17) is 0 Å². The lowest BCUT2D eigenvalue weighted by atomic mass is 10.4. The molecule has 6 nitrogen and oxygen atoms in total. The van der Waals surface area contributed by atoms with Gasteiger partial charge in [-0.05, 0) is 39.8 Å². The van der Waals surface area contributed by atoms with E-state index in [0.29, 0.717) is 50.5 Å². The maximum atomic E-state index is 11.8. The Hall–Kier alpha value is -1.28. The van der Waals surface area contributed by atoms with Gasteiger partial charge in [-0.25, -0.2) is 0 Å². The minimum atomic E-state index is -0.245. The van der Waals surface area contributed by atoms with Gasteiger partial charge in [0.2, 0.25) is 22.0 Å². The summed E-state index contributed by atoms with van der Waals surface area (Å²) >= 11 is 2.06. The smallest absolute Gasteiger partial charge is 0.223 e. The minimum absolute atomic E-state index is 0.0313. The summed E-state index contributed by atoms with van der Waals surface area (Å²) in [5.74, 6) is 0.865. The van der Waals surface area contributed by atoms with Crippen LogP contribution in [-0.4, -0.2) is 69.5 Å². The molecule has 0 saturated carbocycles. The summed E-state index contributed by atoms with van der Waals surface area (Å²) in [6.45, 7) is 10.3. The van der Waals surface area contributed by atoms with Gasteiger partial charge in [0.25, 0.3) is 0 Å². The summed E-state index contributed by atoms with van der Waals surface area (Å²) in [5, 5.41) is -0.490. The van der Waals surface area contributed by atoms with E-state index in [0.717, 1.165) is 23.5 Å². The van der Waals surface area contributed by atoms with Crippen LogP contribution in [0.2, 0.25) is 0 Å². The van der Waals surface area contributed by atoms with Crippen LogP contribution in [0.15, 0.2) is 12.2 Å². The molecule has 0 spiro atoms. The van der Waals surface area contributed by atoms with Gasteiger partial charge in [0.15, 0.2) is 0 Å². The van der Waals surface area contributed by atoms with Crippen LogP contribution in [0.3, 0.4) is 0 Å². The van der Waals surface area contributed by atoms with Crippen molar-refractivity contribution in [3.63, 3.8) is 0 Å². The van der Waals surface area contributed by atoms with Crippen LogP contribution in [-0.2, 0) is 19.2 Å². The van der Waals surface area contributed by atoms with Gasteiger partial charge in [-0.3, -0.25) is 19.2 Å². The number of amides is 2. The summed E-state index contributed by atoms with van der Waals surface area (Å²) in [6.07, 6.45) is 3.08. The molecular formula is C18H30N2O4S2. The maximum Gasteiger partial charge on any atom is 0.223 e. The number of hydrogen-bond acceptors (Lipinski definition) is 6. The Morgan fingerprint density at radius 1 is 0.654 bits per heavy atom. The van der Waals surface area contributed by atoms with E-state index in [1.165, 1.54) is 12.2 Å². The Morgan fingerprint density at radius 2 is 0.962 bits per heavy atom. The molecule has 0 unspecified atom stereocenters. The lowest BCUT2D eigenvalue weighted by Crippen LogP contribution is -2.30. The molecule has 0 aromatic rings. The first-order chi connectivity index (χ1) is 12.4. The number of thioether (sulfide) groups is 2. The van der Waals surface area contributed by atoms with Crippen LogP contribution in [0.1, 0.15) is 40.5 Å². The Balaban J connectivity index is 4.04. The molecule has 26 heavy (non-hydrogen) atoms. The Morgan fingerprint density at radius 3 is 1.23 bits per heavy atom. The monoisotopic (exact) mass is 402 g/mol. The fourth-order valence-corrected chi connectivity index (χ4v) is 3.46. The van der Waals surface area contributed by atoms with Crippen LogP contribution in [0.25, 0.3) is 0 Å². The number of rotatable bonds is 12. The van der Waals surface area contributed by atoms with Crippen molar-refractivity contribution in [3.8, 4) is 0 Å². The van der Waals surface area contributed by atoms with Crippen molar-refractivity contribution in [3.05, 3.63) is 12.2 Å². The molecule has 0 bridgehead atoms. The Kier molecular flexibility index (Phi) is 14.1. The molecule has 0 aliphatic rings. The predicted molar refractivity (Wildman–Crippen MR) is 109 cm³/mol. The highest BCUT2D eigenvalue weighted by atomic mass is 32.2. The zero-order valence-corrected chi connectivity index (χ0v) is 17.8. The Bertz CT molecular complexity index is 457. The first-order valence-corrected chi connectivity index (χ1v) is 10.9. The normalized spacial score (nSPS) is 10.8. The molecule has 0 saturated heterocycles. The second kappa shape index (κ2) is 14.8. The summed E-state index contributed by atoms with van der Waals surface area (Å²) in [6, 6.07) is 0. The van der Waals surface area contributed by atoms with Crippen LogP contribution in [0.5, 0.6) is 0 Å². The lowest BCUT2D eigenvalue weighted by Gasteiger charge is -2.18. The standard InChI is InChI=1S/C18H30N2O4S2/c1-5-19(6-2)15(21)11-13-25-17(23)9-10-18(24)26-14-12-16(22)20(7-3)8-4/h9-10H,5-8,11-14H2,1-4H3/b10-9+. The molecule has 0 aliphatic heterocycles. The quantitative estimate of drug-likeness (QED) is 0.467. The summed E-state index contributed by atoms with van der Waals surface area (Å²) in [5.41, 5.74) is 0. The van der Waals surface area contributed by atoms with E-state index in [1.807, 2.05) is 27.7 Å². The van der Waals surface area contributed by atoms with Gasteiger partial charge in [0, 0.05) is 50.5 Å². The molecule has 0 heterocycles. The van der Waals surface area contributed by atoms with E-state index in [-0.39, 0.29) is 22.0 Å². The van der Waals surface area contributed by atoms with Crippen LogP contribution in [0, 0.1) is 0 Å². The fourth-order valence-electron chi connectivity index (χ4n) is 2.18. The van der Waals surface area contributed by atoms with E-state index < -0.39 is 0 Å². The molecule has 0 aromatic carbocycles. The van der Waals surface area contributed by atoms with Crippen molar-refractivity contribution in [1.82, 2.24) is 9.80 Å². The van der Waals surface area contributed by atoms with Crippen molar-refractivity contribution >= 4 is 45.6 Å². The van der Waals surface area contributed by atoms with Gasteiger partial charge in [-0.1, -0.05) is 23.5 Å². The number of hydrogen-bond donors (Lipinski definition) is 0. The van der Waals surface area contributed by atoms with Crippen molar-refractivity contribution in [2.24, 2.45) is 0 Å². The Labute approximate surface area is 165 Å². The van der Waals surface area contributed by atoms with Crippen molar-refractivity contribution in [2.45, 2.75) is 40.5 Å². The molecule has 0 fully saturated rings. The molecule has 2 amide bonds. The molecular weight excluding hydrogens is 372 g/mol. The summed E-state index contributed by atoms with van der Waals surface area (Å²) < 4.78 is 0. The summed E-state index contributed by atoms with van der Waals surface area (Å²) in [4.78, 5) is 50.5. The zero-order valence-electron chi connectivity index (χ0n) is 16.2. The van der Waals surface area contributed by atoms with Crippen LogP contribution < -0.4 is 0 Å². The predicted octanol–water partition coefficient (Wildman–Crippen LogP) is 2.58. The van der Waals surface area contributed by atoms with E-state index in [1.54, 1.807) is 9.80 Å². The summed E-state index contributed by atoms with van der Waals surface area (Å²) in [7, 11) is 0. The first-order valence-electron chi connectivity index (χ1n) is 8.96. The largest absolute Gasteiger partial charge is 0.343 e. The second-order valence-corrected chi connectivity index (χ2v) is 7.50. The molecule has 0 atom stereocenters. The molecule has 0 N–H and O–H groups in total. The SMILES string of the molecule is CCN(CC)C(=O)CCSC(=O)/C=C/C(=O)SCCC(=O)N(CC)CC.